The van der Waals surface area contributed by atoms with Crippen LogP contribution in [0.5, 0.6) is 0 Å². The van der Waals surface area contributed by atoms with Gasteiger partial charge in [0, 0.05) is 18.8 Å². The molecular weight excluding hydrogens is 278 g/mol. The molecule has 0 bridgehead atoms. The second-order valence-electron chi connectivity index (χ2n) is 5.24. The van der Waals surface area contributed by atoms with Crippen LogP contribution >= 0.6 is 0 Å². The highest BCUT2D eigenvalue weighted by Gasteiger charge is 2.17. The van der Waals surface area contributed by atoms with Crippen LogP contribution in [0.2, 0.25) is 0 Å². The molecule has 114 valence electrons. The van der Waals surface area contributed by atoms with Crippen molar-refractivity contribution in [3.8, 4) is 0 Å². The Morgan fingerprint density at radius 1 is 1.00 bits per heavy atom. The molecule has 0 atom stereocenters. The van der Waals surface area contributed by atoms with Crippen molar-refractivity contribution in [3.05, 3.63) is 59.9 Å². The van der Waals surface area contributed by atoms with Crippen LogP contribution in [0.15, 0.2) is 48.5 Å². The molecule has 2 rings (SSSR count). The molecule has 0 spiro atoms. The van der Waals surface area contributed by atoms with E-state index in [1.54, 1.807) is 25.2 Å². The van der Waals surface area contributed by atoms with Crippen molar-refractivity contribution in [2.24, 2.45) is 0 Å². The Hall–Kier alpha value is -2.69. The summed E-state index contributed by atoms with van der Waals surface area (Å²) in [4.78, 5) is 30.1. The topological polar surface area (TPSA) is 62.3 Å². The van der Waals surface area contributed by atoms with Crippen LogP contribution in [0, 0.1) is 0 Å². The second-order valence-corrected chi connectivity index (χ2v) is 5.24. The predicted octanol–water partition coefficient (Wildman–Crippen LogP) is 2.50. The first-order chi connectivity index (χ1) is 10.5. The number of nitrogens with one attached hydrogen (secondary N) is 1. The molecule has 5 heteroatoms. The van der Waals surface area contributed by atoms with Crippen LogP contribution in [-0.4, -0.2) is 29.9 Å². The SMILES string of the molecule is CC(C)NC(=O)c1cccc(C(=O)N(C)c2ccccc2)n1. The van der Waals surface area contributed by atoms with Crippen LogP contribution < -0.4 is 10.2 Å². The number of hydrogen-bond donors (Lipinski definition) is 1. The van der Waals surface area contributed by atoms with E-state index in [4.69, 9.17) is 0 Å². The highest BCUT2D eigenvalue weighted by Crippen LogP contribution is 2.14. The number of nitrogens with zero attached hydrogens (tertiary/aromatic N) is 2. The zero-order valence-corrected chi connectivity index (χ0v) is 12.9. The lowest BCUT2D eigenvalue weighted by molar-refractivity contribution is 0.0937. The van der Waals surface area contributed by atoms with Crippen molar-refractivity contribution in [1.29, 1.82) is 0 Å². The standard InChI is InChI=1S/C17H19N3O2/c1-12(2)18-16(21)14-10-7-11-15(19-14)17(22)20(3)13-8-5-4-6-9-13/h4-12H,1-3H3,(H,18,21). The van der Waals surface area contributed by atoms with Gasteiger partial charge in [-0.1, -0.05) is 24.3 Å². The third-order valence-corrected chi connectivity index (χ3v) is 3.07. The predicted molar refractivity (Wildman–Crippen MR) is 86.0 cm³/mol. The number of benzene rings is 1. The minimum atomic E-state index is -0.285. The van der Waals surface area contributed by atoms with Gasteiger partial charge < -0.3 is 10.2 Å². The number of carbonyl (C=O) groups is 2. The van der Waals surface area contributed by atoms with E-state index in [9.17, 15) is 9.59 Å². The zero-order chi connectivity index (χ0) is 16.1. The fourth-order valence-corrected chi connectivity index (χ4v) is 1.96. The maximum absolute atomic E-state index is 12.5. The summed E-state index contributed by atoms with van der Waals surface area (Å²) in [5, 5.41) is 2.76. The monoisotopic (exact) mass is 297 g/mol. The maximum atomic E-state index is 12.5. The minimum absolute atomic E-state index is 0.0145. The van der Waals surface area contributed by atoms with Crippen molar-refractivity contribution in [2.75, 3.05) is 11.9 Å². The molecule has 0 fully saturated rings. The van der Waals surface area contributed by atoms with Gasteiger partial charge >= 0.3 is 0 Å². The van der Waals surface area contributed by atoms with Gasteiger partial charge in [-0.25, -0.2) is 4.98 Å². The molecule has 0 radical (unpaired) electrons. The number of anilines is 1. The minimum Gasteiger partial charge on any atom is -0.349 e. The Bertz CT molecular complexity index is 669. The van der Waals surface area contributed by atoms with Crippen molar-refractivity contribution in [3.63, 3.8) is 0 Å². The molecule has 1 aromatic heterocycles. The lowest BCUT2D eigenvalue weighted by Crippen LogP contribution is -2.32. The van der Waals surface area contributed by atoms with Crippen molar-refractivity contribution < 1.29 is 9.59 Å². The van der Waals surface area contributed by atoms with E-state index in [-0.39, 0.29) is 29.2 Å². The largest absolute Gasteiger partial charge is 0.349 e. The summed E-state index contributed by atoms with van der Waals surface area (Å²) in [6, 6.07) is 14.2. The molecular formula is C17H19N3O2. The van der Waals surface area contributed by atoms with E-state index in [1.165, 1.54) is 4.90 Å². The maximum Gasteiger partial charge on any atom is 0.276 e. The molecule has 0 aliphatic heterocycles. The van der Waals surface area contributed by atoms with Gasteiger partial charge in [-0.3, -0.25) is 9.59 Å². The van der Waals surface area contributed by atoms with Gasteiger partial charge in [0.2, 0.25) is 0 Å². The van der Waals surface area contributed by atoms with Gasteiger partial charge in [-0.05, 0) is 38.1 Å². The van der Waals surface area contributed by atoms with Crippen LogP contribution in [0.1, 0.15) is 34.8 Å². The molecule has 2 aromatic rings. The Morgan fingerprint density at radius 2 is 1.64 bits per heavy atom. The first-order valence-corrected chi connectivity index (χ1v) is 7.10. The number of carbonyl (C=O) groups excluding carboxylic acids is 2. The quantitative estimate of drug-likeness (QED) is 0.943. The molecule has 1 heterocycles. The fourth-order valence-electron chi connectivity index (χ4n) is 1.96. The Morgan fingerprint density at radius 3 is 2.27 bits per heavy atom. The molecule has 22 heavy (non-hydrogen) atoms. The molecule has 0 saturated heterocycles. The highest BCUT2D eigenvalue weighted by atomic mass is 16.2. The second kappa shape index (κ2) is 6.85. The number of rotatable bonds is 4. The molecule has 0 aliphatic rings. The van der Waals surface area contributed by atoms with Crippen molar-refractivity contribution >= 4 is 17.5 Å². The summed E-state index contributed by atoms with van der Waals surface area (Å²) in [5.74, 6) is -0.544. The van der Waals surface area contributed by atoms with E-state index in [0.717, 1.165) is 5.69 Å². The molecule has 1 aromatic carbocycles. The average Bonchev–Trinajstić information content (AvgIpc) is 2.54. The number of amides is 2. The molecule has 1 N–H and O–H groups in total. The molecule has 5 nitrogen and oxygen atoms in total. The summed E-state index contributed by atoms with van der Waals surface area (Å²) in [6.07, 6.45) is 0. The number of aromatic nitrogens is 1. The molecule has 0 aliphatic carbocycles. The van der Waals surface area contributed by atoms with Crippen molar-refractivity contribution in [1.82, 2.24) is 10.3 Å². The first-order valence-electron chi connectivity index (χ1n) is 7.10. The fraction of sp³-hybridized carbons (Fsp3) is 0.235. The van der Waals surface area contributed by atoms with Gasteiger partial charge in [0.05, 0.1) is 0 Å². The number of pyridine rings is 1. The van der Waals surface area contributed by atoms with Crippen molar-refractivity contribution in [2.45, 2.75) is 19.9 Å². The van der Waals surface area contributed by atoms with E-state index in [0.29, 0.717) is 0 Å². The summed E-state index contributed by atoms with van der Waals surface area (Å²) in [7, 11) is 1.68. The van der Waals surface area contributed by atoms with Gasteiger partial charge in [0.15, 0.2) is 0 Å². The average molecular weight is 297 g/mol. The lowest BCUT2D eigenvalue weighted by atomic mass is 10.2. The highest BCUT2D eigenvalue weighted by molar-refractivity contribution is 6.05. The van der Waals surface area contributed by atoms with E-state index in [2.05, 4.69) is 10.3 Å². The number of hydrogen-bond acceptors (Lipinski definition) is 3. The van der Waals surface area contributed by atoms with Crippen LogP contribution in [-0.2, 0) is 0 Å². The smallest absolute Gasteiger partial charge is 0.276 e. The summed E-state index contributed by atoms with van der Waals surface area (Å²) < 4.78 is 0. The Kier molecular flexibility index (Phi) is 4.88. The van der Waals surface area contributed by atoms with Crippen LogP contribution in [0.25, 0.3) is 0 Å². The third-order valence-electron chi connectivity index (χ3n) is 3.07. The zero-order valence-electron chi connectivity index (χ0n) is 12.9. The van der Waals surface area contributed by atoms with Gasteiger partial charge in [0.1, 0.15) is 11.4 Å². The number of para-hydroxylation sites is 1. The lowest BCUT2D eigenvalue weighted by Gasteiger charge is -2.17. The summed E-state index contributed by atoms with van der Waals surface area (Å²) in [6.45, 7) is 3.74. The molecule has 2 amide bonds. The van der Waals surface area contributed by atoms with Gasteiger partial charge in [-0.2, -0.15) is 0 Å². The van der Waals surface area contributed by atoms with Crippen LogP contribution in [0.3, 0.4) is 0 Å². The first kappa shape index (κ1) is 15.7. The van der Waals surface area contributed by atoms with E-state index < -0.39 is 0 Å². The Balaban J connectivity index is 2.22. The van der Waals surface area contributed by atoms with E-state index in [1.807, 2.05) is 44.2 Å². The van der Waals surface area contributed by atoms with Crippen LogP contribution in [0.4, 0.5) is 5.69 Å². The molecule has 0 unspecified atom stereocenters. The van der Waals surface area contributed by atoms with Gasteiger partial charge in [-0.15, -0.1) is 0 Å². The van der Waals surface area contributed by atoms with Gasteiger partial charge in [0.25, 0.3) is 11.8 Å². The Labute approximate surface area is 130 Å². The normalized spacial score (nSPS) is 10.4. The third kappa shape index (κ3) is 3.69. The van der Waals surface area contributed by atoms with E-state index >= 15 is 0 Å². The summed E-state index contributed by atoms with van der Waals surface area (Å²) >= 11 is 0. The molecule has 0 saturated carbocycles. The summed E-state index contributed by atoms with van der Waals surface area (Å²) in [5.41, 5.74) is 1.25.